The van der Waals surface area contributed by atoms with Crippen LogP contribution in [-0.4, -0.2) is 32.9 Å². The van der Waals surface area contributed by atoms with Crippen molar-refractivity contribution in [2.45, 2.75) is 30.3 Å². The summed E-state index contributed by atoms with van der Waals surface area (Å²) in [6, 6.07) is -0.779. The Morgan fingerprint density at radius 2 is 1.91 bits per heavy atom. The Hall–Kier alpha value is -2.09. The first-order valence-electron chi connectivity index (χ1n) is 7.02. The average molecular weight is 309 g/mol. The van der Waals surface area contributed by atoms with E-state index in [0.717, 1.165) is 0 Å². The molecule has 0 spiro atoms. The SMILES string of the molecule is NC(=O)C1C=CC=CC1(C1CC(F)(F)CC1N)n1nccn1. The van der Waals surface area contributed by atoms with Crippen molar-refractivity contribution in [3.8, 4) is 0 Å². The molecule has 1 aromatic rings. The Kier molecular flexibility index (Phi) is 3.36. The van der Waals surface area contributed by atoms with Gasteiger partial charge < -0.3 is 11.5 Å². The number of nitrogens with two attached hydrogens (primary N) is 2. The lowest BCUT2D eigenvalue weighted by Crippen LogP contribution is -2.55. The van der Waals surface area contributed by atoms with E-state index in [1.54, 1.807) is 24.3 Å². The first-order chi connectivity index (χ1) is 10.4. The van der Waals surface area contributed by atoms with E-state index < -0.39 is 48.1 Å². The summed E-state index contributed by atoms with van der Waals surface area (Å²) in [6.07, 6.45) is 8.61. The van der Waals surface area contributed by atoms with Gasteiger partial charge in [0.15, 0.2) is 0 Å². The molecule has 1 aromatic heterocycles. The highest BCUT2D eigenvalue weighted by molar-refractivity contribution is 5.80. The Morgan fingerprint density at radius 3 is 2.45 bits per heavy atom. The molecule has 0 bridgehead atoms. The van der Waals surface area contributed by atoms with Gasteiger partial charge >= 0.3 is 0 Å². The third kappa shape index (κ3) is 2.14. The van der Waals surface area contributed by atoms with Crippen molar-refractivity contribution in [3.63, 3.8) is 0 Å². The van der Waals surface area contributed by atoms with Gasteiger partial charge in [-0.25, -0.2) is 8.78 Å². The highest BCUT2D eigenvalue weighted by Crippen LogP contribution is 2.50. The molecule has 2 aliphatic rings. The molecular weight excluding hydrogens is 292 g/mol. The van der Waals surface area contributed by atoms with Crippen LogP contribution in [0.2, 0.25) is 0 Å². The predicted octanol–water partition coefficient (Wildman–Crippen LogP) is 0.573. The smallest absolute Gasteiger partial charge is 0.250 e. The van der Waals surface area contributed by atoms with Crippen LogP contribution in [0.25, 0.3) is 0 Å². The molecule has 22 heavy (non-hydrogen) atoms. The molecule has 4 unspecified atom stereocenters. The van der Waals surface area contributed by atoms with Crippen LogP contribution in [0.5, 0.6) is 0 Å². The number of primary amides is 1. The zero-order valence-electron chi connectivity index (χ0n) is 11.8. The van der Waals surface area contributed by atoms with Crippen LogP contribution in [0.4, 0.5) is 8.78 Å². The zero-order chi connectivity index (χ0) is 16.0. The van der Waals surface area contributed by atoms with E-state index in [1.807, 2.05) is 0 Å². The normalized spacial score (nSPS) is 36.6. The van der Waals surface area contributed by atoms with Gasteiger partial charge in [-0.1, -0.05) is 24.3 Å². The molecule has 1 heterocycles. The maximum Gasteiger partial charge on any atom is 0.250 e. The number of rotatable bonds is 3. The minimum atomic E-state index is -2.87. The number of hydrogen-bond acceptors (Lipinski definition) is 4. The first-order valence-corrected chi connectivity index (χ1v) is 7.02. The molecule has 0 saturated heterocycles. The van der Waals surface area contributed by atoms with Crippen LogP contribution in [0.3, 0.4) is 0 Å². The number of carbonyl (C=O) groups is 1. The molecule has 0 radical (unpaired) electrons. The lowest BCUT2D eigenvalue weighted by atomic mass is 9.69. The number of alkyl halides is 2. The van der Waals surface area contributed by atoms with Gasteiger partial charge in [0.1, 0.15) is 5.54 Å². The van der Waals surface area contributed by atoms with Gasteiger partial charge in [-0.2, -0.15) is 15.0 Å². The van der Waals surface area contributed by atoms with E-state index in [4.69, 9.17) is 11.5 Å². The van der Waals surface area contributed by atoms with E-state index in [1.165, 1.54) is 17.2 Å². The summed E-state index contributed by atoms with van der Waals surface area (Å²) in [6.45, 7) is 0. The van der Waals surface area contributed by atoms with Crippen molar-refractivity contribution in [2.75, 3.05) is 0 Å². The lowest BCUT2D eigenvalue weighted by Gasteiger charge is -2.42. The molecule has 6 nitrogen and oxygen atoms in total. The monoisotopic (exact) mass is 309 g/mol. The molecule has 4 N–H and O–H groups in total. The maximum atomic E-state index is 13.9. The molecule has 1 saturated carbocycles. The van der Waals surface area contributed by atoms with Gasteiger partial charge in [0, 0.05) is 24.8 Å². The van der Waals surface area contributed by atoms with E-state index in [0.29, 0.717) is 0 Å². The van der Waals surface area contributed by atoms with Crippen molar-refractivity contribution in [2.24, 2.45) is 23.3 Å². The average Bonchev–Trinajstić information content (AvgIpc) is 3.06. The number of halogens is 2. The van der Waals surface area contributed by atoms with E-state index in [9.17, 15) is 13.6 Å². The highest BCUT2D eigenvalue weighted by atomic mass is 19.3. The van der Waals surface area contributed by atoms with Crippen LogP contribution in [0, 0.1) is 11.8 Å². The second-order valence-electron chi connectivity index (χ2n) is 5.86. The van der Waals surface area contributed by atoms with Gasteiger partial charge in [0.2, 0.25) is 11.8 Å². The van der Waals surface area contributed by atoms with Crippen LogP contribution in [0.1, 0.15) is 12.8 Å². The van der Waals surface area contributed by atoms with Crippen molar-refractivity contribution in [1.82, 2.24) is 15.0 Å². The molecule has 0 aromatic carbocycles. The van der Waals surface area contributed by atoms with Gasteiger partial charge in [0.25, 0.3) is 0 Å². The first kappa shape index (κ1) is 14.8. The lowest BCUT2D eigenvalue weighted by molar-refractivity contribution is -0.124. The molecule has 118 valence electrons. The number of carbonyl (C=O) groups excluding carboxylic acids is 1. The van der Waals surface area contributed by atoms with Gasteiger partial charge in [0.05, 0.1) is 18.3 Å². The van der Waals surface area contributed by atoms with Crippen molar-refractivity contribution < 1.29 is 13.6 Å². The maximum absolute atomic E-state index is 13.9. The number of amides is 1. The third-order valence-electron chi connectivity index (χ3n) is 4.51. The molecule has 3 rings (SSSR count). The number of hydrogen-bond donors (Lipinski definition) is 2. The summed E-state index contributed by atoms with van der Waals surface area (Å²) in [5, 5.41) is 8.17. The van der Waals surface area contributed by atoms with E-state index in [-0.39, 0.29) is 0 Å². The Balaban J connectivity index is 2.15. The minimum absolute atomic E-state index is 0.427. The topological polar surface area (TPSA) is 99.8 Å². The molecule has 1 fully saturated rings. The van der Waals surface area contributed by atoms with Crippen LogP contribution in [-0.2, 0) is 10.3 Å². The Bertz CT molecular complexity index is 627. The Morgan fingerprint density at radius 1 is 1.23 bits per heavy atom. The fraction of sp³-hybridized carbons (Fsp3) is 0.500. The number of aromatic nitrogens is 3. The second kappa shape index (κ2) is 4.98. The molecule has 8 heteroatoms. The second-order valence-corrected chi connectivity index (χ2v) is 5.86. The fourth-order valence-electron chi connectivity index (χ4n) is 3.62. The minimum Gasteiger partial charge on any atom is -0.369 e. The summed E-state index contributed by atoms with van der Waals surface area (Å²) >= 11 is 0. The van der Waals surface area contributed by atoms with Crippen LogP contribution < -0.4 is 11.5 Å². The zero-order valence-corrected chi connectivity index (χ0v) is 11.8. The van der Waals surface area contributed by atoms with Crippen molar-refractivity contribution in [3.05, 3.63) is 36.7 Å². The van der Waals surface area contributed by atoms with E-state index >= 15 is 0 Å². The van der Waals surface area contributed by atoms with Gasteiger partial charge in [-0.05, 0) is 0 Å². The van der Waals surface area contributed by atoms with Gasteiger partial charge in [-0.3, -0.25) is 4.79 Å². The molecule has 0 aliphatic heterocycles. The van der Waals surface area contributed by atoms with Crippen molar-refractivity contribution in [1.29, 1.82) is 0 Å². The largest absolute Gasteiger partial charge is 0.369 e. The fourth-order valence-corrected chi connectivity index (χ4v) is 3.62. The standard InChI is InChI=1S/C14H17F2N5O/c15-13(16)7-10(11(17)8-13)14(21-19-5-6-20-21)4-2-1-3-9(14)12(18)22/h1-6,9-11H,7-8,17H2,(H2,18,22). The summed E-state index contributed by atoms with van der Waals surface area (Å²) in [5.74, 6) is -5.04. The summed E-state index contributed by atoms with van der Waals surface area (Å²) < 4.78 is 27.7. The summed E-state index contributed by atoms with van der Waals surface area (Å²) in [7, 11) is 0. The predicted molar refractivity (Wildman–Crippen MR) is 74.6 cm³/mol. The van der Waals surface area contributed by atoms with Crippen LogP contribution in [0.15, 0.2) is 36.7 Å². The molecule has 4 atom stereocenters. The summed E-state index contributed by atoms with van der Waals surface area (Å²) in [5.41, 5.74) is 10.3. The highest BCUT2D eigenvalue weighted by Gasteiger charge is 2.58. The molecule has 1 amide bonds. The molecule has 2 aliphatic carbocycles. The summed E-state index contributed by atoms with van der Waals surface area (Å²) in [4.78, 5) is 13.2. The van der Waals surface area contributed by atoms with E-state index in [2.05, 4.69) is 10.2 Å². The van der Waals surface area contributed by atoms with Crippen LogP contribution >= 0.6 is 0 Å². The molecular formula is C14H17F2N5O. The Labute approximate surface area is 125 Å². The number of allylic oxidation sites excluding steroid dienone is 3. The third-order valence-corrected chi connectivity index (χ3v) is 4.51. The van der Waals surface area contributed by atoms with Gasteiger partial charge in [-0.15, -0.1) is 0 Å². The number of nitrogens with zero attached hydrogens (tertiary/aromatic N) is 3. The quantitative estimate of drug-likeness (QED) is 0.852. The van der Waals surface area contributed by atoms with Crippen molar-refractivity contribution >= 4 is 5.91 Å².